The topological polar surface area (TPSA) is 102 Å². The molecule has 10 heteroatoms. The largest absolute Gasteiger partial charge is 0.390 e. The van der Waals surface area contributed by atoms with Crippen LogP contribution in [-0.2, 0) is 6.54 Å². The molecule has 1 aromatic heterocycles. The molecular formula is C19H15Cl2N5O3. The monoisotopic (exact) mass is 431 g/mol. The summed E-state index contributed by atoms with van der Waals surface area (Å²) in [5.41, 5.74) is 4.84. The van der Waals surface area contributed by atoms with Gasteiger partial charge in [-0.3, -0.25) is 4.79 Å². The van der Waals surface area contributed by atoms with Crippen molar-refractivity contribution in [2.24, 2.45) is 5.10 Å². The van der Waals surface area contributed by atoms with Crippen LogP contribution < -0.4 is 5.43 Å². The van der Waals surface area contributed by atoms with E-state index in [0.717, 1.165) is 5.56 Å². The molecule has 0 aliphatic rings. The summed E-state index contributed by atoms with van der Waals surface area (Å²) in [7, 11) is 0. The summed E-state index contributed by atoms with van der Waals surface area (Å²) in [5, 5.41) is 19.5. The quantitative estimate of drug-likeness (QED) is 0.358. The van der Waals surface area contributed by atoms with Gasteiger partial charge in [0.2, 0.25) is 0 Å². The van der Waals surface area contributed by atoms with Crippen molar-refractivity contribution in [1.82, 2.24) is 15.2 Å². The van der Waals surface area contributed by atoms with Gasteiger partial charge in [-0.25, -0.2) is 5.43 Å². The fraction of sp³-hybridized carbons (Fsp3) is 0.105. The first-order chi connectivity index (χ1) is 13.8. The highest BCUT2D eigenvalue weighted by atomic mass is 35.5. The second-order valence-corrected chi connectivity index (χ2v) is 6.90. The van der Waals surface area contributed by atoms with Crippen molar-refractivity contribution in [1.29, 1.82) is 0 Å². The van der Waals surface area contributed by atoms with Gasteiger partial charge in [0.05, 0.1) is 39.7 Å². The Hall–Kier alpha value is -3.23. The Morgan fingerprint density at radius 2 is 1.90 bits per heavy atom. The molecule has 0 unspecified atom stereocenters. The second kappa shape index (κ2) is 8.85. The zero-order valence-corrected chi connectivity index (χ0v) is 16.7. The Labute approximate surface area is 175 Å². The number of nitrogens with one attached hydrogen (secondary N) is 1. The molecule has 8 nitrogen and oxygen atoms in total. The summed E-state index contributed by atoms with van der Waals surface area (Å²) >= 11 is 12.1. The van der Waals surface area contributed by atoms with Crippen molar-refractivity contribution in [3.05, 3.63) is 91.1 Å². The van der Waals surface area contributed by atoms with Crippen LogP contribution in [-0.4, -0.2) is 26.8 Å². The van der Waals surface area contributed by atoms with Gasteiger partial charge < -0.3 is 10.1 Å². The summed E-state index contributed by atoms with van der Waals surface area (Å²) in [5.74, 6) is -0.600. The summed E-state index contributed by atoms with van der Waals surface area (Å²) in [6.45, 7) is 2.09. The minimum absolute atomic E-state index is 0.199. The van der Waals surface area contributed by atoms with Gasteiger partial charge in [0.1, 0.15) is 0 Å². The number of aromatic nitrogens is 2. The molecule has 1 amide bonds. The lowest BCUT2D eigenvalue weighted by Gasteiger charge is -2.04. The van der Waals surface area contributed by atoms with Crippen molar-refractivity contribution in [3.63, 3.8) is 0 Å². The molecule has 0 saturated heterocycles. The van der Waals surface area contributed by atoms with Gasteiger partial charge in [-0.1, -0.05) is 41.4 Å². The lowest BCUT2D eigenvalue weighted by Crippen LogP contribution is -2.17. The molecule has 29 heavy (non-hydrogen) atoms. The van der Waals surface area contributed by atoms with Crippen LogP contribution >= 0.6 is 23.2 Å². The molecule has 3 rings (SSSR count). The molecule has 1 N–H and O–H groups in total. The van der Waals surface area contributed by atoms with E-state index in [2.05, 4.69) is 15.6 Å². The lowest BCUT2D eigenvalue weighted by molar-refractivity contribution is -0.389. The molecule has 1 heterocycles. The molecule has 2 aromatic carbocycles. The van der Waals surface area contributed by atoms with Crippen LogP contribution in [0, 0.1) is 17.0 Å². The summed E-state index contributed by atoms with van der Waals surface area (Å²) < 4.78 is 1.53. The minimum atomic E-state index is -0.534. The Balaban J connectivity index is 1.64. The van der Waals surface area contributed by atoms with E-state index in [9.17, 15) is 14.9 Å². The van der Waals surface area contributed by atoms with Gasteiger partial charge in [-0.2, -0.15) is 9.78 Å². The van der Waals surface area contributed by atoms with E-state index >= 15 is 0 Å². The number of benzene rings is 2. The van der Waals surface area contributed by atoms with Crippen LogP contribution in [0.2, 0.25) is 10.0 Å². The van der Waals surface area contributed by atoms with Crippen molar-refractivity contribution >= 4 is 41.1 Å². The van der Waals surface area contributed by atoms with Gasteiger partial charge in [0.25, 0.3) is 5.91 Å². The van der Waals surface area contributed by atoms with Crippen molar-refractivity contribution < 1.29 is 9.72 Å². The van der Waals surface area contributed by atoms with Gasteiger partial charge in [-0.05, 0) is 41.7 Å². The van der Waals surface area contributed by atoms with Gasteiger partial charge in [0.15, 0.2) is 0 Å². The zero-order chi connectivity index (χ0) is 21.0. The molecule has 0 atom stereocenters. The Bertz CT molecular complexity index is 1070. The van der Waals surface area contributed by atoms with E-state index in [1.165, 1.54) is 17.0 Å². The highest BCUT2D eigenvalue weighted by Crippen LogP contribution is 2.22. The first-order valence-electron chi connectivity index (χ1n) is 8.40. The lowest BCUT2D eigenvalue weighted by atomic mass is 10.1. The molecule has 0 aliphatic carbocycles. The summed E-state index contributed by atoms with van der Waals surface area (Å²) in [6, 6.07) is 13.2. The molecular weight excluding hydrogens is 417 g/mol. The van der Waals surface area contributed by atoms with E-state index in [1.54, 1.807) is 49.4 Å². The fourth-order valence-electron chi connectivity index (χ4n) is 2.53. The van der Waals surface area contributed by atoms with Crippen molar-refractivity contribution in [2.45, 2.75) is 13.5 Å². The maximum absolute atomic E-state index is 12.2. The normalized spacial score (nSPS) is 11.0. The fourth-order valence-corrected chi connectivity index (χ4v) is 3.03. The van der Waals surface area contributed by atoms with Crippen molar-refractivity contribution in [2.75, 3.05) is 0 Å². The number of rotatable bonds is 6. The van der Waals surface area contributed by atoms with Crippen LogP contribution in [0.1, 0.15) is 27.2 Å². The first-order valence-corrected chi connectivity index (χ1v) is 9.16. The molecule has 0 fully saturated rings. The third-order valence-electron chi connectivity index (χ3n) is 4.06. The van der Waals surface area contributed by atoms with Crippen LogP contribution in [0.4, 0.5) is 5.82 Å². The number of halogens is 2. The third-order valence-corrected chi connectivity index (χ3v) is 4.72. The Morgan fingerprint density at radius 1 is 1.24 bits per heavy atom. The molecule has 148 valence electrons. The Morgan fingerprint density at radius 3 is 2.48 bits per heavy atom. The Kier molecular flexibility index (Phi) is 6.26. The number of hydrogen-bond acceptors (Lipinski definition) is 5. The summed E-state index contributed by atoms with van der Waals surface area (Å²) in [4.78, 5) is 22.5. The smallest absolute Gasteiger partial charge is 0.358 e. The number of amides is 1. The molecule has 0 saturated carbocycles. The van der Waals surface area contributed by atoms with Crippen molar-refractivity contribution in [3.8, 4) is 0 Å². The van der Waals surface area contributed by atoms with Gasteiger partial charge in [0, 0.05) is 11.1 Å². The van der Waals surface area contributed by atoms with Crippen LogP contribution in [0.25, 0.3) is 0 Å². The number of carbonyl (C=O) groups is 1. The standard InChI is InChI=1S/C19H15Cl2N5O3/c1-12-9-18(26(28)29)24-25(12)11-13-5-7-14(8-6-13)19(27)23-22-10-15-16(20)3-2-4-17(15)21/h2-10H,11H2,1H3,(H,23,27)/b22-10-. The average Bonchev–Trinajstić information content (AvgIpc) is 3.05. The second-order valence-electron chi connectivity index (χ2n) is 6.09. The molecule has 0 spiro atoms. The van der Waals surface area contributed by atoms with Crippen LogP contribution in [0.5, 0.6) is 0 Å². The highest BCUT2D eigenvalue weighted by molar-refractivity contribution is 6.38. The van der Waals surface area contributed by atoms with E-state index in [1.807, 2.05) is 0 Å². The summed E-state index contributed by atoms with van der Waals surface area (Å²) in [6.07, 6.45) is 1.38. The maximum Gasteiger partial charge on any atom is 0.390 e. The molecule has 3 aromatic rings. The molecule has 0 radical (unpaired) electrons. The number of nitrogens with zero attached hydrogens (tertiary/aromatic N) is 4. The number of aryl methyl sites for hydroxylation is 1. The third kappa shape index (κ3) is 4.98. The average molecular weight is 432 g/mol. The number of nitro groups is 1. The predicted octanol–water partition coefficient (Wildman–Crippen LogP) is 4.22. The number of hydrazone groups is 1. The van der Waals surface area contributed by atoms with Gasteiger partial charge >= 0.3 is 5.82 Å². The van der Waals surface area contributed by atoms with E-state index in [0.29, 0.717) is 33.4 Å². The predicted molar refractivity (Wildman–Crippen MR) is 111 cm³/mol. The van der Waals surface area contributed by atoms with E-state index in [4.69, 9.17) is 23.2 Å². The zero-order valence-electron chi connectivity index (χ0n) is 15.2. The minimum Gasteiger partial charge on any atom is -0.358 e. The highest BCUT2D eigenvalue weighted by Gasteiger charge is 2.15. The van der Waals surface area contributed by atoms with Crippen LogP contribution in [0.15, 0.2) is 53.6 Å². The molecule has 0 aliphatic heterocycles. The number of hydrogen-bond donors (Lipinski definition) is 1. The van der Waals surface area contributed by atoms with E-state index in [-0.39, 0.29) is 5.82 Å². The molecule has 0 bridgehead atoms. The number of carbonyl (C=O) groups excluding carboxylic acids is 1. The van der Waals surface area contributed by atoms with Crippen LogP contribution in [0.3, 0.4) is 0 Å². The van der Waals surface area contributed by atoms with Gasteiger partial charge in [-0.15, -0.1) is 0 Å². The SMILES string of the molecule is Cc1cc([N+](=O)[O-])nn1Cc1ccc(C(=O)N/N=C\c2c(Cl)cccc2Cl)cc1. The maximum atomic E-state index is 12.2. The first kappa shape index (κ1) is 20.5. The van der Waals surface area contributed by atoms with E-state index < -0.39 is 10.8 Å².